The molecule has 0 saturated carbocycles. The van der Waals surface area contributed by atoms with E-state index in [-0.39, 0.29) is 6.61 Å². The smallest absolute Gasteiger partial charge is 0.320 e. The Morgan fingerprint density at radius 2 is 1.77 bits per heavy atom. The van der Waals surface area contributed by atoms with Crippen LogP contribution in [0.15, 0.2) is 53.3 Å². The summed E-state index contributed by atoms with van der Waals surface area (Å²) in [5.74, 6) is -2.51. The molecule has 5 rings (SSSR count). The van der Waals surface area contributed by atoms with Gasteiger partial charge in [-0.2, -0.15) is 0 Å². The van der Waals surface area contributed by atoms with Gasteiger partial charge in [-0.15, -0.1) is 45.3 Å². The molecule has 4 heterocycles. The van der Waals surface area contributed by atoms with Crippen LogP contribution < -0.4 is 0 Å². The second-order valence-corrected chi connectivity index (χ2v) is 10.9. The average molecular weight is 473 g/mol. The Morgan fingerprint density at radius 1 is 1.07 bits per heavy atom. The molecule has 30 heavy (non-hydrogen) atoms. The number of carboxylic acid groups (broad SMARTS) is 1. The zero-order valence-electron chi connectivity index (χ0n) is 15.8. The van der Waals surface area contributed by atoms with Crippen molar-refractivity contribution in [3.8, 4) is 0 Å². The fourth-order valence-electron chi connectivity index (χ4n) is 3.76. The van der Waals surface area contributed by atoms with E-state index in [1.54, 1.807) is 53.1 Å². The number of ether oxygens (including phenoxy) is 1. The molecular formula is C22H16O4S4. The Balaban J connectivity index is 1.66. The molecule has 4 nitrogen and oxygen atoms in total. The Kier molecular flexibility index (Phi) is 4.89. The first-order valence-electron chi connectivity index (χ1n) is 9.29. The van der Waals surface area contributed by atoms with Gasteiger partial charge in [-0.1, -0.05) is 18.2 Å². The highest BCUT2D eigenvalue weighted by molar-refractivity contribution is 7.27. The highest BCUT2D eigenvalue weighted by atomic mass is 32.1. The molecule has 2 atom stereocenters. The topological polar surface area (TPSA) is 63.6 Å². The normalized spacial score (nSPS) is 21.2. The van der Waals surface area contributed by atoms with E-state index in [9.17, 15) is 14.7 Å². The minimum absolute atomic E-state index is 0.201. The number of aliphatic carboxylic acids is 1. The van der Waals surface area contributed by atoms with Crippen molar-refractivity contribution >= 4 is 81.7 Å². The fourth-order valence-corrected chi connectivity index (χ4v) is 8.19. The SMILES string of the molecule is CCOC(=O)C1C=C(c2cc3sccc3s2)C=CC1(C(=O)O)c1cc2sccc2s1. The fraction of sp³-hybridized carbons (Fsp3) is 0.182. The van der Waals surface area contributed by atoms with Crippen molar-refractivity contribution in [2.24, 2.45) is 5.92 Å². The monoisotopic (exact) mass is 472 g/mol. The Bertz CT molecular complexity index is 1270. The number of carboxylic acids is 1. The van der Waals surface area contributed by atoms with E-state index in [4.69, 9.17) is 4.74 Å². The van der Waals surface area contributed by atoms with Crippen LogP contribution in [0.25, 0.3) is 24.4 Å². The summed E-state index contributed by atoms with van der Waals surface area (Å²) in [7, 11) is 0. The summed E-state index contributed by atoms with van der Waals surface area (Å²) in [6.07, 6.45) is 5.29. The average Bonchev–Trinajstić information content (AvgIpc) is 3.47. The number of hydrogen-bond acceptors (Lipinski definition) is 7. The van der Waals surface area contributed by atoms with Crippen LogP contribution in [0.1, 0.15) is 16.7 Å². The van der Waals surface area contributed by atoms with Crippen molar-refractivity contribution in [1.82, 2.24) is 0 Å². The van der Waals surface area contributed by atoms with Crippen LogP contribution in [-0.2, 0) is 19.7 Å². The lowest BCUT2D eigenvalue weighted by Gasteiger charge is -2.33. The minimum atomic E-state index is -1.48. The Hall–Kier alpha value is -2.26. The summed E-state index contributed by atoms with van der Waals surface area (Å²) >= 11 is 6.30. The third kappa shape index (κ3) is 2.98. The lowest BCUT2D eigenvalue weighted by atomic mass is 9.70. The molecule has 1 aliphatic rings. The second kappa shape index (κ2) is 7.46. The van der Waals surface area contributed by atoms with Crippen LogP contribution in [0.5, 0.6) is 0 Å². The van der Waals surface area contributed by atoms with Gasteiger partial charge in [-0.25, -0.2) is 0 Å². The van der Waals surface area contributed by atoms with Gasteiger partial charge >= 0.3 is 11.9 Å². The third-order valence-corrected chi connectivity index (χ3v) is 9.61. The summed E-state index contributed by atoms with van der Waals surface area (Å²) in [5, 5.41) is 14.4. The molecule has 152 valence electrons. The molecule has 0 aliphatic heterocycles. The van der Waals surface area contributed by atoms with Crippen molar-refractivity contribution in [3.63, 3.8) is 0 Å². The number of fused-ring (bicyclic) bond motifs is 2. The van der Waals surface area contributed by atoms with E-state index in [2.05, 4.69) is 17.5 Å². The molecular weight excluding hydrogens is 457 g/mol. The van der Waals surface area contributed by atoms with Gasteiger partial charge in [0, 0.05) is 28.6 Å². The maximum absolute atomic E-state index is 13.0. The first-order valence-corrected chi connectivity index (χ1v) is 12.7. The second-order valence-electron chi connectivity index (χ2n) is 6.88. The molecule has 1 N–H and O–H groups in total. The Labute approximate surface area is 188 Å². The molecule has 0 saturated heterocycles. The Morgan fingerprint density at radius 3 is 2.40 bits per heavy atom. The van der Waals surface area contributed by atoms with Gasteiger partial charge in [0.1, 0.15) is 11.3 Å². The number of carbonyl (C=O) groups is 2. The van der Waals surface area contributed by atoms with E-state index in [1.807, 2.05) is 23.6 Å². The number of allylic oxidation sites excluding steroid dienone is 2. The highest BCUT2D eigenvalue weighted by Crippen LogP contribution is 2.47. The lowest BCUT2D eigenvalue weighted by molar-refractivity contribution is -0.155. The summed E-state index contributed by atoms with van der Waals surface area (Å²) in [6, 6.07) is 8.05. The lowest BCUT2D eigenvalue weighted by Crippen LogP contribution is -2.45. The molecule has 0 aromatic carbocycles. The minimum Gasteiger partial charge on any atom is -0.480 e. The van der Waals surface area contributed by atoms with Gasteiger partial charge < -0.3 is 9.84 Å². The number of carbonyl (C=O) groups excluding carboxylic acids is 1. The maximum atomic E-state index is 13.0. The quantitative estimate of drug-likeness (QED) is 0.342. The number of rotatable bonds is 5. The van der Waals surface area contributed by atoms with Gasteiger partial charge in [-0.3, -0.25) is 9.59 Å². The molecule has 4 aromatic rings. The molecule has 0 spiro atoms. The number of esters is 1. The van der Waals surface area contributed by atoms with Gasteiger partial charge in [0.15, 0.2) is 0 Å². The zero-order valence-corrected chi connectivity index (χ0v) is 19.1. The summed E-state index contributed by atoms with van der Waals surface area (Å²) in [6.45, 7) is 1.93. The number of hydrogen-bond donors (Lipinski definition) is 1. The zero-order chi connectivity index (χ0) is 20.9. The largest absolute Gasteiger partial charge is 0.480 e. The first kappa shape index (κ1) is 19.7. The standard InChI is InChI=1S/C22H16O4S4/c1-2-26-20(23)13-9-12(16-10-17-14(29-16)4-7-27-17)3-6-22(13,21(24)25)19-11-18-15(30-19)5-8-28-18/h3-11,13H,2H2,1H3,(H,24,25). The predicted molar refractivity (Wildman–Crippen MR) is 126 cm³/mol. The number of thiophene rings is 4. The molecule has 1 aliphatic carbocycles. The molecule has 2 unspecified atom stereocenters. The van der Waals surface area contributed by atoms with Crippen LogP contribution in [0.4, 0.5) is 0 Å². The van der Waals surface area contributed by atoms with E-state index in [1.165, 1.54) is 20.7 Å². The molecule has 4 aromatic heterocycles. The van der Waals surface area contributed by atoms with Gasteiger partial charge in [0.25, 0.3) is 0 Å². The van der Waals surface area contributed by atoms with Gasteiger partial charge in [-0.05, 0) is 47.5 Å². The van der Waals surface area contributed by atoms with Crippen molar-refractivity contribution < 1.29 is 19.4 Å². The summed E-state index contributed by atoms with van der Waals surface area (Å²) < 4.78 is 9.75. The van der Waals surface area contributed by atoms with Crippen LogP contribution in [0.3, 0.4) is 0 Å². The van der Waals surface area contributed by atoms with Crippen molar-refractivity contribution in [2.75, 3.05) is 6.61 Å². The maximum Gasteiger partial charge on any atom is 0.320 e. The van der Waals surface area contributed by atoms with E-state index in [0.29, 0.717) is 4.88 Å². The predicted octanol–water partition coefficient (Wildman–Crippen LogP) is 6.39. The van der Waals surface area contributed by atoms with E-state index in [0.717, 1.165) is 19.9 Å². The van der Waals surface area contributed by atoms with Gasteiger partial charge in [0.2, 0.25) is 0 Å². The van der Waals surface area contributed by atoms with E-state index < -0.39 is 23.3 Å². The van der Waals surface area contributed by atoms with E-state index >= 15 is 0 Å². The highest BCUT2D eigenvalue weighted by Gasteiger charge is 2.51. The molecule has 0 amide bonds. The summed E-state index contributed by atoms with van der Waals surface area (Å²) in [5.41, 5.74) is -0.620. The van der Waals surface area contributed by atoms with Crippen LogP contribution >= 0.6 is 45.3 Å². The van der Waals surface area contributed by atoms with Crippen LogP contribution in [-0.4, -0.2) is 23.7 Å². The molecule has 8 heteroatoms. The van der Waals surface area contributed by atoms with Crippen molar-refractivity contribution in [2.45, 2.75) is 12.3 Å². The van der Waals surface area contributed by atoms with Gasteiger partial charge in [0.05, 0.1) is 6.61 Å². The molecule has 0 fully saturated rings. The summed E-state index contributed by atoms with van der Waals surface area (Å²) in [4.78, 5) is 27.3. The molecule has 0 bridgehead atoms. The van der Waals surface area contributed by atoms with Crippen LogP contribution in [0, 0.1) is 5.92 Å². The third-order valence-electron chi connectivity index (χ3n) is 5.23. The van der Waals surface area contributed by atoms with Crippen molar-refractivity contribution in [1.29, 1.82) is 0 Å². The first-order chi connectivity index (χ1) is 14.5. The van der Waals surface area contributed by atoms with Crippen molar-refractivity contribution in [3.05, 3.63) is 63.0 Å². The van der Waals surface area contributed by atoms with Crippen LogP contribution in [0.2, 0.25) is 0 Å². The molecule has 0 radical (unpaired) electrons.